The minimum Gasteiger partial charge on any atom is -0.465 e. The molecule has 0 amide bonds. The fourth-order valence-corrected chi connectivity index (χ4v) is 5.84. The van der Waals surface area contributed by atoms with Crippen LogP contribution in [-0.2, 0) is 30.4 Å². The SMILES string of the molecule is CCOc1nc2cccc(C(=O)OC(C)OC(=O)OC(C)(C)CCCCO/N=[N+](\OC)N(C)C(C)(C)C)c2n1Cc1ccc(-c2ccccc2-c2nn[nH]n2)cc1. The zero-order valence-corrected chi connectivity index (χ0v) is 34.0. The molecule has 0 aliphatic carbocycles. The molecule has 0 aliphatic rings. The zero-order chi connectivity index (χ0) is 41.2. The number of aromatic amines is 1. The van der Waals surface area contributed by atoms with Crippen molar-refractivity contribution in [2.24, 2.45) is 5.28 Å². The van der Waals surface area contributed by atoms with Gasteiger partial charge in [-0.3, -0.25) is 4.57 Å². The van der Waals surface area contributed by atoms with Gasteiger partial charge in [-0.1, -0.05) is 54.6 Å². The minimum atomic E-state index is -1.24. The Hall–Kier alpha value is -6.26. The second-order valence-corrected chi connectivity index (χ2v) is 14.8. The largest absolute Gasteiger partial charge is 0.511 e. The van der Waals surface area contributed by atoms with Gasteiger partial charge in [-0.25, -0.2) is 14.4 Å². The molecule has 0 bridgehead atoms. The summed E-state index contributed by atoms with van der Waals surface area (Å²) >= 11 is 0. The molecule has 0 saturated carbocycles. The van der Waals surface area contributed by atoms with Crippen molar-refractivity contribution in [3.63, 3.8) is 0 Å². The number of fused-ring (bicyclic) bond motifs is 1. The third-order valence-electron chi connectivity index (χ3n) is 9.02. The number of H-pyrrole nitrogens is 1. The smallest absolute Gasteiger partial charge is 0.465 e. The first kappa shape index (κ1) is 41.9. The molecule has 1 atom stereocenters. The van der Waals surface area contributed by atoms with Gasteiger partial charge in [0, 0.05) is 12.5 Å². The molecule has 2 heterocycles. The van der Waals surface area contributed by atoms with Gasteiger partial charge in [-0.05, 0) is 94.8 Å². The van der Waals surface area contributed by atoms with Gasteiger partial charge in [0.1, 0.15) is 12.2 Å². The summed E-state index contributed by atoms with van der Waals surface area (Å²) in [5.74, 6) is -0.203. The van der Waals surface area contributed by atoms with Crippen LogP contribution in [-0.4, -0.2) is 97.1 Å². The van der Waals surface area contributed by atoms with Crippen molar-refractivity contribution >= 4 is 23.2 Å². The third kappa shape index (κ3) is 11.0. The Morgan fingerprint density at radius 1 is 0.965 bits per heavy atom. The normalized spacial score (nSPS) is 12.5. The van der Waals surface area contributed by atoms with E-state index in [2.05, 4.69) is 30.9 Å². The van der Waals surface area contributed by atoms with E-state index in [9.17, 15) is 9.59 Å². The second kappa shape index (κ2) is 18.6. The van der Waals surface area contributed by atoms with Crippen molar-refractivity contribution in [2.75, 3.05) is 27.4 Å². The van der Waals surface area contributed by atoms with E-state index in [0.29, 0.717) is 61.9 Å². The van der Waals surface area contributed by atoms with Gasteiger partial charge in [0.15, 0.2) is 7.11 Å². The number of rotatable bonds is 18. The molecule has 57 heavy (non-hydrogen) atoms. The number of ether oxygens (including phenoxy) is 4. The summed E-state index contributed by atoms with van der Waals surface area (Å²) in [5.41, 5.74) is 3.92. The van der Waals surface area contributed by atoms with Crippen LogP contribution in [0.2, 0.25) is 0 Å². The highest BCUT2D eigenvalue weighted by atomic mass is 16.8. The molecule has 17 heteroatoms. The highest BCUT2D eigenvalue weighted by Crippen LogP contribution is 2.31. The number of benzene rings is 3. The lowest BCUT2D eigenvalue weighted by Crippen LogP contribution is -2.44. The number of imidazole rings is 1. The molecule has 5 aromatic rings. The van der Waals surface area contributed by atoms with Gasteiger partial charge < -0.3 is 23.8 Å². The summed E-state index contributed by atoms with van der Waals surface area (Å²) in [6, 6.07) is 21.3. The Balaban J connectivity index is 1.20. The van der Waals surface area contributed by atoms with E-state index in [0.717, 1.165) is 22.3 Å². The number of unbranched alkanes of at least 4 members (excludes halogenated alkanes) is 1. The molecule has 1 N–H and O–H groups in total. The van der Waals surface area contributed by atoms with E-state index < -0.39 is 24.0 Å². The first-order valence-corrected chi connectivity index (χ1v) is 18.8. The summed E-state index contributed by atoms with van der Waals surface area (Å²) < 4.78 is 24.3. The van der Waals surface area contributed by atoms with Crippen LogP contribution in [0.15, 0.2) is 72.0 Å². The van der Waals surface area contributed by atoms with Crippen LogP contribution in [0.3, 0.4) is 0 Å². The number of hydrogen-bond acceptors (Lipinski definition) is 13. The Kier molecular flexibility index (Phi) is 13.7. The summed E-state index contributed by atoms with van der Waals surface area (Å²) in [4.78, 5) is 43.0. The van der Waals surface area contributed by atoms with Crippen LogP contribution < -0.4 is 4.74 Å². The van der Waals surface area contributed by atoms with Crippen molar-refractivity contribution in [3.05, 3.63) is 77.9 Å². The van der Waals surface area contributed by atoms with Gasteiger partial charge in [0.25, 0.3) is 16.3 Å². The van der Waals surface area contributed by atoms with E-state index in [-0.39, 0.29) is 11.1 Å². The maximum absolute atomic E-state index is 13.6. The molecule has 0 fully saturated rings. The molecule has 0 radical (unpaired) electrons. The average Bonchev–Trinajstić information content (AvgIpc) is 3.83. The number of nitrogens with one attached hydrogen (secondary N) is 1. The number of carbonyl (C=O) groups is 2. The predicted octanol–water partition coefficient (Wildman–Crippen LogP) is 7.54. The number of hydrazine groups is 1. The van der Waals surface area contributed by atoms with E-state index >= 15 is 0 Å². The number of esters is 1. The van der Waals surface area contributed by atoms with E-state index in [1.807, 2.05) is 87.8 Å². The quantitative estimate of drug-likeness (QED) is 0.0230. The van der Waals surface area contributed by atoms with Crippen molar-refractivity contribution in [3.8, 4) is 28.5 Å². The second-order valence-electron chi connectivity index (χ2n) is 14.8. The fourth-order valence-electron chi connectivity index (χ4n) is 5.84. The van der Waals surface area contributed by atoms with Crippen LogP contribution in [0.1, 0.15) is 83.7 Å². The Morgan fingerprint density at radius 3 is 2.37 bits per heavy atom. The lowest BCUT2D eigenvalue weighted by atomic mass is 9.98. The first-order chi connectivity index (χ1) is 27.2. The number of hydrogen-bond donors (Lipinski definition) is 1. The van der Waals surface area contributed by atoms with Crippen LogP contribution in [0.4, 0.5) is 4.79 Å². The molecule has 3 aromatic carbocycles. The van der Waals surface area contributed by atoms with Crippen molar-refractivity contribution in [2.45, 2.75) is 91.7 Å². The molecule has 5 rings (SSSR count). The van der Waals surface area contributed by atoms with E-state index in [1.165, 1.54) is 19.0 Å². The Morgan fingerprint density at radius 2 is 1.70 bits per heavy atom. The van der Waals surface area contributed by atoms with Crippen LogP contribution in [0.5, 0.6) is 6.01 Å². The molecular formula is C40H52N9O8+. The molecule has 17 nitrogen and oxygen atoms in total. The molecule has 1 unspecified atom stereocenters. The number of aromatic nitrogens is 6. The van der Waals surface area contributed by atoms with Crippen molar-refractivity contribution in [1.82, 2.24) is 35.2 Å². The van der Waals surface area contributed by atoms with Crippen LogP contribution in [0.25, 0.3) is 33.5 Å². The van der Waals surface area contributed by atoms with Crippen molar-refractivity contribution in [1.29, 1.82) is 0 Å². The minimum absolute atomic E-state index is 0.219. The Bertz CT molecular complexity index is 2130. The number of tetrazole rings is 1. The van der Waals surface area contributed by atoms with Gasteiger partial charge in [0.05, 0.1) is 42.3 Å². The average molecular weight is 787 g/mol. The van der Waals surface area contributed by atoms with Gasteiger partial charge >= 0.3 is 12.1 Å². The predicted molar refractivity (Wildman–Crippen MR) is 209 cm³/mol. The van der Waals surface area contributed by atoms with E-state index in [4.69, 9.17) is 28.6 Å². The first-order valence-electron chi connectivity index (χ1n) is 18.8. The summed E-state index contributed by atoms with van der Waals surface area (Å²) in [6.07, 6.45) is -0.334. The lowest BCUT2D eigenvalue weighted by Gasteiger charge is -2.25. The monoisotopic (exact) mass is 786 g/mol. The van der Waals surface area contributed by atoms with E-state index in [1.54, 1.807) is 37.1 Å². The third-order valence-corrected chi connectivity index (χ3v) is 9.02. The number of para-hydroxylation sites is 1. The molecule has 0 saturated heterocycles. The van der Waals surface area contributed by atoms with Gasteiger partial charge in [-0.2, -0.15) is 10.2 Å². The topological polar surface area (TPSA) is 180 Å². The molecule has 2 aromatic heterocycles. The number of carbonyl (C=O) groups excluding carboxylic acids is 2. The maximum atomic E-state index is 13.6. The van der Waals surface area contributed by atoms with Gasteiger partial charge in [0.2, 0.25) is 12.1 Å². The van der Waals surface area contributed by atoms with Gasteiger partial charge in [-0.15, -0.1) is 15.2 Å². The molecule has 0 spiro atoms. The standard InChI is InChI=1S/C40H52N9O8/c1-10-53-37-41-33-19-15-18-32(34(33)48(37)26-28-20-22-29(23-21-28)30-16-11-12-17-31(30)35-42-44-45-43-35)36(50)55-27(2)56-38(51)57-40(6,7)24-13-14-25-54-46-49(52-9)47(8)39(3,4)5/h11-12,15-23,27H,10,13-14,24-26H2,1-9H3,(H,42,43,44,45)/q+1/b49-46-. The molecule has 0 aliphatic heterocycles. The summed E-state index contributed by atoms with van der Waals surface area (Å²) in [5, 5.41) is 20.3. The summed E-state index contributed by atoms with van der Waals surface area (Å²) in [7, 11) is 3.35. The zero-order valence-electron chi connectivity index (χ0n) is 34.0. The lowest BCUT2D eigenvalue weighted by molar-refractivity contribution is -0.947. The van der Waals surface area contributed by atoms with Crippen LogP contribution >= 0.6 is 0 Å². The highest BCUT2D eigenvalue weighted by molar-refractivity contribution is 6.02. The van der Waals surface area contributed by atoms with Crippen molar-refractivity contribution < 1.29 is 43.2 Å². The molecule has 304 valence electrons. The Labute approximate surface area is 331 Å². The maximum Gasteiger partial charge on any atom is 0.511 e. The molecular weight excluding hydrogens is 734 g/mol. The summed E-state index contributed by atoms with van der Waals surface area (Å²) in [6.45, 7) is 14.0. The van der Waals surface area contributed by atoms with Crippen LogP contribution in [0, 0.1) is 0 Å². The fraction of sp³-hybridized carbons (Fsp3) is 0.450. The number of nitrogens with zero attached hydrogens (tertiary/aromatic N) is 8. The highest BCUT2D eigenvalue weighted by Gasteiger charge is 2.30.